The number of nitro groups is 1. The Bertz CT molecular complexity index is 992. The van der Waals surface area contributed by atoms with Crippen LogP contribution >= 0.6 is 0 Å². The van der Waals surface area contributed by atoms with Crippen molar-refractivity contribution < 1.29 is 14.5 Å². The summed E-state index contributed by atoms with van der Waals surface area (Å²) in [6, 6.07) is 12.5. The van der Waals surface area contributed by atoms with Crippen LogP contribution in [0.3, 0.4) is 0 Å². The molecule has 1 aromatic heterocycles. The second kappa shape index (κ2) is 6.56. The summed E-state index contributed by atoms with van der Waals surface area (Å²) < 4.78 is 12.9. The zero-order valence-corrected chi connectivity index (χ0v) is 13.2. The molecular formula is C16H14FN5O3. The second-order valence-corrected chi connectivity index (χ2v) is 5.31. The number of hydrogen-bond donors (Lipinski definition) is 1. The van der Waals surface area contributed by atoms with E-state index in [-0.39, 0.29) is 17.8 Å². The molecule has 3 aromatic rings. The molecule has 1 heterocycles. The van der Waals surface area contributed by atoms with E-state index in [2.05, 4.69) is 10.1 Å². The van der Waals surface area contributed by atoms with Crippen molar-refractivity contribution in [3.63, 3.8) is 0 Å². The van der Waals surface area contributed by atoms with Gasteiger partial charge in [0.1, 0.15) is 11.5 Å². The topological polar surface area (TPSA) is 98.5 Å². The molecule has 9 heteroatoms. The highest BCUT2D eigenvalue weighted by molar-refractivity contribution is 5.38. The number of benzene rings is 2. The predicted octanol–water partition coefficient (Wildman–Crippen LogP) is 2.37. The molecule has 0 saturated heterocycles. The fraction of sp³-hybridized carbons (Fsp3) is 0.125. The first-order chi connectivity index (χ1) is 12.0. The molecule has 0 fully saturated rings. The lowest BCUT2D eigenvalue weighted by molar-refractivity contribution is -0.391. The largest absolute Gasteiger partial charge is 0.438 e. The average Bonchev–Trinajstić information content (AvgIpc) is 2.92. The SMILES string of the molecule is Cc1ccccc1-n1nc([N+](=O)[O-])c(=NCc2ccc(F)cc2)n1O. The van der Waals surface area contributed by atoms with Gasteiger partial charge in [-0.2, -0.15) is 0 Å². The molecule has 0 amide bonds. The van der Waals surface area contributed by atoms with Crippen LogP contribution in [-0.2, 0) is 6.54 Å². The Morgan fingerprint density at radius 2 is 1.92 bits per heavy atom. The Morgan fingerprint density at radius 3 is 2.56 bits per heavy atom. The molecule has 3 rings (SSSR count). The summed E-state index contributed by atoms with van der Waals surface area (Å²) in [4.78, 5) is 16.1. The van der Waals surface area contributed by atoms with Crippen LogP contribution in [0.4, 0.5) is 10.2 Å². The van der Waals surface area contributed by atoms with Crippen LogP contribution in [0.25, 0.3) is 5.69 Å². The van der Waals surface area contributed by atoms with E-state index >= 15 is 0 Å². The highest BCUT2D eigenvalue weighted by Crippen LogP contribution is 2.13. The first kappa shape index (κ1) is 16.4. The van der Waals surface area contributed by atoms with Gasteiger partial charge >= 0.3 is 5.82 Å². The molecule has 128 valence electrons. The minimum Gasteiger partial charge on any atom is -0.409 e. The van der Waals surface area contributed by atoms with Gasteiger partial charge in [-0.1, -0.05) is 35.2 Å². The van der Waals surface area contributed by atoms with Gasteiger partial charge in [-0.25, -0.2) is 4.39 Å². The van der Waals surface area contributed by atoms with E-state index in [0.29, 0.717) is 16.1 Å². The van der Waals surface area contributed by atoms with Crippen LogP contribution in [0.1, 0.15) is 11.1 Å². The first-order valence-electron chi connectivity index (χ1n) is 7.34. The van der Waals surface area contributed by atoms with Crippen molar-refractivity contribution in [2.75, 3.05) is 0 Å². The number of rotatable bonds is 4. The summed E-state index contributed by atoms with van der Waals surface area (Å²) in [7, 11) is 0. The quantitative estimate of drug-likeness (QED) is 0.447. The summed E-state index contributed by atoms with van der Waals surface area (Å²) in [6.45, 7) is 1.82. The summed E-state index contributed by atoms with van der Waals surface area (Å²) in [6.07, 6.45) is 0. The minimum atomic E-state index is -0.717. The van der Waals surface area contributed by atoms with E-state index < -0.39 is 10.7 Å². The predicted molar refractivity (Wildman–Crippen MR) is 85.8 cm³/mol. The molecule has 0 spiro atoms. The van der Waals surface area contributed by atoms with Crippen molar-refractivity contribution in [1.29, 1.82) is 0 Å². The number of halogens is 1. The van der Waals surface area contributed by atoms with E-state index in [1.54, 1.807) is 31.2 Å². The lowest BCUT2D eigenvalue weighted by Gasteiger charge is -2.02. The van der Waals surface area contributed by atoms with E-state index in [1.807, 2.05) is 0 Å². The first-order valence-corrected chi connectivity index (χ1v) is 7.34. The normalized spacial score (nSPS) is 11.7. The molecule has 0 aliphatic carbocycles. The number of hydrogen-bond acceptors (Lipinski definition) is 5. The van der Waals surface area contributed by atoms with Crippen LogP contribution in [0, 0.1) is 22.9 Å². The van der Waals surface area contributed by atoms with Gasteiger partial charge in [0.2, 0.25) is 0 Å². The summed E-state index contributed by atoms with van der Waals surface area (Å²) in [5, 5.41) is 25.4. The van der Waals surface area contributed by atoms with Gasteiger partial charge < -0.3 is 15.3 Å². The van der Waals surface area contributed by atoms with Gasteiger partial charge in [0.15, 0.2) is 0 Å². The Labute approximate surface area is 141 Å². The lowest BCUT2D eigenvalue weighted by Crippen LogP contribution is -2.22. The van der Waals surface area contributed by atoms with E-state index in [0.717, 1.165) is 10.4 Å². The molecule has 0 unspecified atom stereocenters. The molecule has 2 aromatic carbocycles. The molecule has 0 atom stereocenters. The molecule has 8 nitrogen and oxygen atoms in total. The smallest absolute Gasteiger partial charge is 0.409 e. The molecule has 0 saturated carbocycles. The van der Waals surface area contributed by atoms with Crippen LogP contribution in [0.15, 0.2) is 53.5 Å². The zero-order chi connectivity index (χ0) is 18.0. The van der Waals surface area contributed by atoms with Crippen molar-refractivity contribution in [1.82, 2.24) is 14.7 Å². The fourth-order valence-electron chi connectivity index (χ4n) is 2.31. The van der Waals surface area contributed by atoms with Crippen LogP contribution in [0.2, 0.25) is 0 Å². The van der Waals surface area contributed by atoms with Gasteiger partial charge in [-0.05, 0) is 46.0 Å². The molecule has 0 aliphatic heterocycles. The fourth-order valence-corrected chi connectivity index (χ4v) is 2.31. The van der Waals surface area contributed by atoms with E-state index in [1.165, 1.54) is 24.3 Å². The van der Waals surface area contributed by atoms with Crippen molar-refractivity contribution in [3.8, 4) is 5.69 Å². The van der Waals surface area contributed by atoms with Crippen LogP contribution in [-0.4, -0.2) is 24.9 Å². The highest BCUT2D eigenvalue weighted by Gasteiger charge is 2.24. The third kappa shape index (κ3) is 3.25. The molecule has 25 heavy (non-hydrogen) atoms. The van der Waals surface area contributed by atoms with Crippen molar-refractivity contribution in [2.24, 2.45) is 4.99 Å². The molecular weight excluding hydrogens is 329 g/mol. The summed E-state index contributed by atoms with van der Waals surface area (Å²) >= 11 is 0. The van der Waals surface area contributed by atoms with E-state index in [9.17, 15) is 19.7 Å². The van der Waals surface area contributed by atoms with Gasteiger partial charge in [0.05, 0.1) is 11.6 Å². The third-order valence-electron chi connectivity index (χ3n) is 3.59. The number of nitrogens with zero attached hydrogens (tertiary/aromatic N) is 5. The average molecular weight is 343 g/mol. The second-order valence-electron chi connectivity index (χ2n) is 5.31. The van der Waals surface area contributed by atoms with Gasteiger partial charge in [0.25, 0.3) is 5.49 Å². The maximum atomic E-state index is 12.9. The van der Waals surface area contributed by atoms with Crippen LogP contribution in [0.5, 0.6) is 0 Å². The Morgan fingerprint density at radius 1 is 1.24 bits per heavy atom. The van der Waals surface area contributed by atoms with Gasteiger partial charge in [-0.3, -0.25) is 4.99 Å². The molecule has 1 N–H and O–H groups in total. The number of aromatic nitrogens is 3. The minimum absolute atomic E-state index is 0.0289. The Kier molecular flexibility index (Phi) is 4.29. The molecule has 0 radical (unpaired) electrons. The third-order valence-corrected chi connectivity index (χ3v) is 3.59. The zero-order valence-electron chi connectivity index (χ0n) is 13.2. The standard InChI is InChI=1S/C16H14FN5O3/c1-11-4-2-3-5-14(11)20-19-16(22(24)25)15(21(20)23)18-10-12-6-8-13(17)9-7-12/h2-9,23H,10H2,1H3. The van der Waals surface area contributed by atoms with Crippen molar-refractivity contribution in [2.45, 2.75) is 13.5 Å². The van der Waals surface area contributed by atoms with Gasteiger partial charge in [0, 0.05) is 0 Å². The summed E-state index contributed by atoms with van der Waals surface area (Å²) in [5.41, 5.74) is 1.60. The lowest BCUT2D eigenvalue weighted by atomic mass is 10.2. The maximum Gasteiger partial charge on any atom is 0.438 e. The maximum absolute atomic E-state index is 12.9. The molecule has 0 bridgehead atoms. The summed E-state index contributed by atoms with van der Waals surface area (Å²) in [5.74, 6) is -0.966. The van der Waals surface area contributed by atoms with Crippen LogP contribution < -0.4 is 5.49 Å². The Balaban J connectivity index is 2.09. The van der Waals surface area contributed by atoms with Gasteiger partial charge in [-0.15, -0.1) is 0 Å². The van der Waals surface area contributed by atoms with E-state index in [4.69, 9.17) is 0 Å². The number of para-hydroxylation sites is 1. The number of aryl methyl sites for hydroxylation is 1. The monoisotopic (exact) mass is 343 g/mol. The highest BCUT2D eigenvalue weighted by atomic mass is 19.1. The Hall–Kier alpha value is -3.49. The van der Waals surface area contributed by atoms with Crippen molar-refractivity contribution >= 4 is 5.82 Å². The van der Waals surface area contributed by atoms with Crippen molar-refractivity contribution in [3.05, 3.63) is 81.1 Å². The molecule has 0 aliphatic rings.